The van der Waals surface area contributed by atoms with Crippen molar-refractivity contribution in [2.24, 2.45) is 0 Å². The lowest BCUT2D eigenvalue weighted by Gasteiger charge is -2.17. The van der Waals surface area contributed by atoms with Gasteiger partial charge in [0.15, 0.2) is 6.23 Å². The van der Waals surface area contributed by atoms with Crippen molar-refractivity contribution < 1.29 is 20.1 Å². The molecule has 0 aromatic carbocycles. The van der Waals surface area contributed by atoms with Crippen LogP contribution in [0.1, 0.15) is 17.6 Å². The molecule has 7 heteroatoms. The van der Waals surface area contributed by atoms with E-state index in [-0.39, 0.29) is 6.61 Å². The van der Waals surface area contributed by atoms with Crippen LogP contribution in [0.4, 0.5) is 0 Å². The van der Waals surface area contributed by atoms with Gasteiger partial charge in [-0.25, -0.2) is 4.98 Å². The highest BCUT2D eigenvalue weighted by Gasteiger charge is 2.43. The summed E-state index contributed by atoms with van der Waals surface area (Å²) in [5.74, 6) is 0. The highest BCUT2D eigenvalue weighted by Crippen LogP contribution is 2.32. The Hall–Kier alpha value is -1.54. The van der Waals surface area contributed by atoms with Crippen LogP contribution in [0.5, 0.6) is 0 Å². The third-order valence-corrected chi connectivity index (χ3v) is 3.66. The number of nitrogens with zero attached hydrogens (tertiary/aromatic N) is 3. The van der Waals surface area contributed by atoms with Crippen molar-refractivity contribution in [1.29, 1.82) is 0 Å². The Kier molecular flexibility index (Phi) is 3.21. The van der Waals surface area contributed by atoms with E-state index in [1.165, 1.54) is 0 Å². The van der Waals surface area contributed by atoms with Gasteiger partial charge < -0.3 is 24.6 Å². The zero-order chi connectivity index (χ0) is 14.4. The standard InChI is InChI=1S/C13H17N3O4/c1-6-3-8-10(7(2)15-6)14-5-16(8)13-12(19)11(18)9(4-17)20-13/h3,5,9,11-13,17-19H,4H2,1-2H3. The Balaban J connectivity index is 2.07. The van der Waals surface area contributed by atoms with E-state index in [1.54, 1.807) is 10.9 Å². The van der Waals surface area contributed by atoms with Crippen LogP contribution < -0.4 is 0 Å². The average Bonchev–Trinajstić information content (AvgIpc) is 2.93. The van der Waals surface area contributed by atoms with E-state index in [0.717, 1.165) is 22.4 Å². The molecule has 0 radical (unpaired) electrons. The van der Waals surface area contributed by atoms with Crippen molar-refractivity contribution in [2.45, 2.75) is 38.4 Å². The second kappa shape index (κ2) is 4.78. The molecule has 1 aliphatic rings. The fourth-order valence-corrected chi connectivity index (χ4v) is 2.65. The van der Waals surface area contributed by atoms with Gasteiger partial charge in [-0.15, -0.1) is 0 Å². The number of rotatable bonds is 2. The Morgan fingerprint density at radius 2 is 2.05 bits per heavy atom. The zero-order valence-electron chi connectivity index (χ0n) is 11.3. The van der Waals surface area contributed by atoms with Crippen LogP contribution in [0.2, 0.25) is 0 Å². The highest BCUT2D eigenvalue weighted by atomic mass is 16.6. The van der Waals surface area contributed by atoms with Gasteiger partial charge in [-0.3, -0.25) is 4.98 Å². The van der Waals surface area contributed by atoms with Gasteiger partial charge in [-0.2, -0.15) is 0 Å². The number of ether oxygens (including phenoxy) is 1. The van der Waals surface area contributed by atoms with Gasteiger partial charge in [0.05, 0.1) is 24.1 Å². The lowest BCUT2D eigenvalue weighted by Crippen LogP contribution is -2.33. The van der Waals surface area contributed by atoms with Crippen molar-refractivity contribution in [2.75, 3.05) is 6.61 Å². The Labute approximate surface area is 115 Å². The van der Waals surface area contributed by atoms with E-state index in [9.17, 15) is 10.2 Å². The van der Waals surface area contributed by atoms with E-state index in [2.05, 4.69) is 9.97 Å². The maximum absolute atomic E-state index is 10.1. The molecule has 20 heavy (non-hydrogen) atoms. The number of hydrogen-bond acceptors (Lipinski definition) is 6. The summed E-state index contributed by atoms with van der Waals surface area (Å²) in [5, 5.41) is 29.0. The van der Waals surface area contributed by atoms with Crippen LogP contribution in [0, 0.1) is 13.8 Å². The van der Waals surface area contributed by atoms with Gasteiger partial charge in [0.25, 0.3) is 0 Å². The van der Waals surface area contributed by atoms with E-state index >= 15 is 0 Å². The van der Waals surface area contributed by atoms with E-state index in [0.29, 0.717) is 0 Å². The first kappa shape index (κ1) is 13.4. The number of hydrogen-bond donors (Lipinski definition) is 3. The van der Waals surface area contributed by atoms with Gasteiger partial charge in [0.2, 0.25) is 0 Å². The lowest BCUT2D eigenvalue weighted by atomic mass is 10.1. The van der Waals surface area contributed by atoms with E-state index in [1.807, 2.05) is 19.9 Å². The van der Waals surface area contributed by atoms with E-state index < -0.39 is 24.5 Å². The molecule has 2 aromatic rings. The van der Waals surface area contributed by atoms with Gasteiger partial charge in [-0.1, -0.05) is 0 Å². The molecule has 3 heterocycles. The fourth-order valence-electron chi connectivity index (χ4n) is 2.65. The average molecular weight is 279 g/mol. The number of pyridine rings is 1. The molecule has 2 aromatic heterocycles. The second-order valence-electron chi connectivity index (χ2n) is 5.10. The van der Waals surface area contributed by atoms with Crippen LogP contribution in [0.15, 0.2) is 12.4 Å². The summed E-state index contributed by atoms with van der Waals surface area (Å²) in [6.45, 7) is 3.39. The van der Waals surface area contributed by atoms with Crippen molar-refractivity contribution in [3.05, 3.63) is 23.8 Å². The first-order valence-electron chi connectivity index (χ1n) is 6.46. The topological polar surface area (TPSA) is 101 Å². The molecule has 108 valence electrons. The minimum Gasteiger partial charge on any atom is -0.394 e. The molecule has 4 unspecified atom stereocenters. The molecular formula is C13H17N3O4. The first-order chi connectivity index (χ1) is 9.52. The van der Waals surface area contributed by atoms with Crippen LogP contribution in [0.25, 0.3) is 11.0 Å². The summed E-state index contributed by atoms with van der Waals surface area (Å²) < 4.78 is 7.19. The Morgan fingerprint density at radius 3 is 2.70 bits per heavy atom. The van der Waals surface area contributed by atoms with Crippen molar-refractivity contribution >= 4 is 11.0 Å². The number of aliphatic hydroxyl groups excluding tert-OH is 3. The third kappa shape index (κ3) is 1.90. The molecule has 7 nitrogen and oxygen atoms in total. The predicted molar refractivity (Wildman–Crippen MR) is 70.0 cm³/mol. The first-order valence-corrected chi connectivity index (χ1v) is 6.46. The van der Waals surface area contributed by atoms with Gasteiger partial charge in [-0.05, 0) is 19.9 Å². The van der Waals surface area contributed by atoms with Gasteiger partial charge in [0, 0.05) is 5.69 Å². The van der Waals surface area contributed by atoms with Crippen LogP contribution in [0.3, 0.4) is 0 Å². The molecule has 1 saturated heterocycles. The molecule has 3 rings (SSSR count). The molecule has 1 aliphatic heterocycles. The molecule has 0 saturated carbocycles. The summed E-state index contributed by atoms with van der Waals surface area (Å²) >= 11 is 0. The number of aromatic nitrogens is 3. The van der Waals surface area contributed by atoms with E-state index in [4.69, 9.17) is 9.84 Å². The summed E-state index contributed by atoms with van der Waals surface area (Å²) in [5.41, 5.74) is 3.15. The molecule has 0 spiro atoms. The van der Waals surface area contributed by atoms with Crippen molar-refractivity contribution in [3.63, 3.8) is 0 Å². The largest absolute Gasteiger partial charge is 0.394 e. The molecule has 0 aliphatic carbocycles. The summed E-state index contributed by atoms with van der Waals surface area (Å²) in [6, 6.07) is 1.85. The smallest absolute Gasteiger partial charge is 0.164 e. The molecule has 0 bridgehead atoms. The minimum absolute atomic E-state index is 0.346. The van der Waals surface area contributed by atoms with Crippen LogP contribution >= 0.6 is 0 Å². The minimum atomic E-state index is -1.12. The van der Waals surface area contributed by atoms with Crippen molar-refractivity contribution in [3.8, 4) is 0 Å². The van der Waals surface area contributed by atoms with Crippen LogP contribution in [-0.2, 0) is 4.74 Å². The molecule has 4 atom stereocenters. The lowest BCUT2D eigenvalue weighted by molar-refractivity contribution is -0.0508. The molecular weight excluding hydrogens is 262 g/mol. The monoisotopic (exact) mass is 279 g/mol. The van der Waals surface area contributed by atoms with Gasteiger partial charge >= 0.3 is 0 Å². The Bertz CT molecular complexity index is 642. The number of aliphatic hydroxyl groups is 3. The normalized spacial score (nSPS) is 30.2. The second-order valence-corrected chi connectivity index (χ2v) is 5.10. The predicted octanol–water partition coefficient (Wildman–Crippen LogP) is -0.340. The fraction of sp³-hybridized carbons (Fsp3) is 0.538. The SMILES string of the molecule is Cc1cc2c(ncn2C2OC(CO)C(O)C2O)c(C)n1. The van der Waals surface area contributed by atoms with Gasteiger partial charge in [0.1, 0.15) is 23.8 Å². The summed E-state index contributed by atoms with van der Waals surface area (Å²) in [6.07, 6.45) is -2.24. The highest BCUT2D eigenvalue weighted by molar-refractivity contribution is 5.77. The van der Waals surface area contributed by atoms with Crippen molar-refractivity contribution in [1.82, 2.24) is 14.5 Å². The van der Waals surface area contributed by atoms with Crippen LogP contribution in [-0.4, -0.2) is 54.8 Å². The molecule has 1 fully saturated rings. The maximum atomic E-state index is 10.1. The number of fused-ring (bicyclic) bond motifs is 1. The summed E-state index contributed by atoms with van der Waals surface area (Å²) in [7, 11) is 0. The zero-order valence-corrected chi connectivity index (χ0v) is 11.3. The maximum Gasteiger partial charge on any atom is 0.164 e. The summed E-state index contributed by atoms with van der Waals surface area (Å²) in [4.78, 5) is 8.62. The third-order valence-electron chi connectivity index (χ3n) is 3.66. The number of imidazole rings is 1. The quantitative estimate of drug-likeness (QED) is 0.695. The molecule has 3 N–H and O–H groups in total. The Morgan fingerprint density at radius 1 is 1.30 bits per heavy atom. The molecule has 0 amide bonds. The number of aryl methyl sites for hydroxylation is 2.